The molecule has 27 heavy (non-hydrogen) atoms. The van der Waals surface area contributed by atoms with Crippen molar-refractivity contribution in [1.29, 1.82) is 5.26 Å². The molecule has 1 aromatic carbocycles. The van der Waals surface area contributed by atoms with Crippen molar-refractivity contribution in [1.82, 2.24) is 14.3 Å². The fourth-order valence-corrected chi connectivity index (χ4v) is 5.31. The van der Waals surface area contributed by atoms with Gasteiger partial charge in [0, 0.05) is 54.6 Å². The van der Waals surface area contributed by atoms with Crippen LogP contribution in [0.5, 0.6) is 5.75 Å². The molecular weight excluding hydrogens is 386 g/mol. The third kappa shape index (κ3) is 3.76. The number of fused-ring (bicyclic) bond motifs is 1. The van der Waals surface area contributed by atoms with E-state index in [0.29, 0.717) is 12.4 Å². The molecule has 10 heteroatoms. The lowest BCUT2D eigenvalue weighted by Gasteiger charge is -2.39. The second-order valence-electron chi connectivity index (χ2n) is 6.64. The molecule has 0 radical (unpaired) electrons. The third-order valence-electron chi connectivity index (χ3n) is 5.04. The van der Waals surface area contributed by atoms with Gasteiger partial charge in [0.2, 0.25) is 5.13 Å². The Morgan fingerprint density at radius 2 is 2.11 bits per heavy atom. The molecule has 0 aliphatic carbocycles. The van der Waals surface area contributed by atoms with Gasteiger partial charge in [-0.25, -0.2) is 13.4 Å². The first-order valence-corrected chi connectivity index (χ1v) is 11.0. The standard InChI is InChI=1S/C17H19N5O3S2/c18-10-12-3-6-22(7-4-12)15-5-8-25-16-9-13(1-2-14(15)16)27(23,24)21-17-19-11-20-26-17/h1-2,9,11-12,15H,3-8H2,(H,19,20,21)/t15-/m0/s1. The van der Waals surface area contributed by atoms with Gasteiger partial charge < -0.3 is 4.74 Å². The molecular formula is C17H19N5O3S2. The number of ether oxygens (including phenoxy) is 1. The van der Waals surface area contributed by atoms with Gasteiger partial charge in [-0.15, -0.1) is 0 Å². The number of nitrogens with zero attached hydrogens (tertiary/aromatic N) is 4. The molecule has 2 aliphatic heterocycles. The number of benzene rings is 1. The number of hydrogen-bond acceptors (Lipinski definition) is 8. The minimum atomic E-state index is -3.74. The molecule has 0 saturated carbocycles. The Balaban J connectivity index is 1.56. The normalized spacial score (nSPS) is 21.1. The molecule has 0 unspecified atom stereocenters. The zero-order valence-corrected chi connectivity index (χ0v) is 16.2. The highest BCUT2D eigenvalue weighted by Crippen LogP contribution is 2.39. The number of nitriles is 1. The van der Waals surface area contributed by atoms with Gasteiger partial charge in [0.1, 0.15) is 12.1 Å². The molecule has 8 nitrogen and oxygen atoms in total. The number of sulfonamides is 1. The van der Waals surface area contributed by atoms with E-state index in [9.17, 15) is 8.42 Å². The quantitative estimate of drug-likeness (QED) is 0.832. The van der Waals surface area contributed by atoms with Crippen LogP contribution in [0.1, 0.15) is 30.9 Å². The fraction of sp³-hybridized carbons (Fsp3) is 0.471. The molecule has 1 saturated heterocycles. The maximum atomic E-state index is 12.6. The SMILES string of the molecule is N#CC1CCN([C@H]2CCOc3cc(S(=O)(=O)Nc4ncns4)ccc32)CC1. The average molecular weight is 406 g/mol. The van der Waals surface area contributed by atoms with Crippen LogP contribution in [-0.2, 0) is 10.0 Å². The van der Waals surface area contributed by atoms with Gasteiger partial charge in [0.25, 0.3) is 10.0 Å². The summed E-state index contributed by atoms with van der Waals surface area (Å²) < 4.78 is 37.1. The fourth-order valence-electron chi connectivity index (χ4n) is 3.63. The largest absolute Gasteiger partial charge is 0.493 e. The van der Waals surface area contributed by atoms with Crippen LogP contribution < -0.4 is 9.46 Å². The van der Waals surface area contributed by atoms with Crippen LogP contribution in [0.15, 0.2) is 29.4 Å². The van der Waals surface area contributed by atoms with E-state index in [1.54, 1.807) is 12.1 Å². The van der Waals surface area contributed by atoms with E-state index in [1.807, 2.05) is 6.07 Å². The Morgan fingerprint density at radius 3 is 2.81 bits per heavy atom. The smallest absolute Gasteiger partial charge is 0.263 e. The van der Waals surface area contributed by atoms with Crippen LogP contribution in [0, 0.1) is 17.2 Å². The van der Waals surface area contributed by atoms with E-state index in [1.165, 1.54) is 6.33 Å². The molecule has 4 rings (SSSR count). The predicted octanol–water partition coefficient (Wildman–Crippen LogP) is 2.40. The molecule has 1 fully saturated rings. The zero-order chi connectivity index (χ0) is 18.9. The van der Waals surface area contributed by atoms with Gasteiger partial charge in [0.15, 0.2) is 0 Å². The summed E-state index contributed by atoms with van der Waals surface area (Å²) in [5, 5.41) is 9.31. The van der Waals surface area contributed by atoms with Crippen LogP contribution in [0.3, 0.4) is 0 Å². The first kappa shape index (κ1) is 18.2. The van der Waals surface area contributed by atoms with E-state index < -0.39 is 10.0 Å². The van der Waals surface area contributed by atoms with E-state index in [4.69, 9.17) is 10.00 Å². The summed E-state index contributed by atoms with van der Waals surface area (Å²) in [6.45, 7) is 2.30. The number of likely N-dealkylation sites (tertiary alicyclic amines) is 1. The number of hydrogen-bond donors (Lipinski definition) is 1. The van der Waals surface area contributed by atoms with Crippen molar-refractivity contribution in [3.63, 3.8) is 0 Å². The summed E-state index contributed by atoms with van der Waals surface area (Å²) >= 11 is 0.982. The van der Waals surface area contributed by atoms with Gasteiger partial charge >= 0.3 is 0 Å². The van der Waals surface area contributed by atoms with Crippen LogP contribution in [-0.4, -0.2) is 42.4 Å². The second kappa shape index (κ2) is 7.42. The van der Waals surface area contributed by atoms with E-state index in [2.05, 4.69) is 25.0 Å². The molecule has 0 amide bonds. The molecule has 3 heterocycles. The van der Waals surface area contributed by atoms with Crippen molar-refractivity contribution >= 4 is 26.7 Å². The lowest BCUT2D eigenvalue weighted by atomic mass is 9.93. The first-order chi connectivity index (χ1) is 13.1. The molecule has 2 aromatic rings. The van der Waals surface area contributed by atoms with Gasteiger partial charge in [-0.05, 0) is 18.9 Å². The van der Waals surface area contributed by atoms with E-state index in [-0.39, 0.29) is 22.0 Å². The van der Waals surface area contributed by atoms with Crippen molar-refractivity contribution in [3.8, 4) is 11.8 Å². The Bertz CT molecular complexity index is 947. The van der Waals surface area contributed by atoms with Gasteiger partial charge in [-0.3, -0.25) is 9.62 Å². The first-order valence-electron chi connectivity index (χ1n) is 8.77. The average Bonchev–Trinajstić information content (AvgIpc) is 3.19. The summed E-state index contributed by atoms with van der Waals surface area (Å²) in [7, 11) is -3.74. The minimum absolute atomic E-state index is 0.138. The van der Waals surface area contributed by atoms with Crippen molar-refractivity contribution in [3.05, 3.63) is 30.1 Å². The predicted molar refractivity (Wildman–Crippen MR) is 99.9 cm³/mol. The lowest BCUT2D eigenvalue weighted by Crippen LogP contribution is -2.38. The molecule has 1 atom stereocenters. The minimum Gasteiger partial charge on any atom is -0.493 e. The summed E-state index contributed by atoms with van der Waals surface area (Å²) in [6, 6.07) is 7.57. The monoisotopic (exact) mass is 405 g/mol. The second-order valence-corrected chi connectivity index (χ2v) is 9.11. The third-order valence-corrected chi connectivity index (χ3v) is 7.08. The van der Waals surface area contributed by atoms with Crippen LogP contribution in [0.25, 0.3) is 0 Å². The van der Waals surface area contributed by atoms with Crippen molar-refractivity contribution < 1.29 is 13.2 Å². The van der Waals surface area contributed by atoms with Gasteiger partial charge in [0.05, 0.1) is 17.6 Å². The van der Waals surface area contributed by atoms with E-state index in [0.717, 1.165) is 49.4 Å². The van der Waals surface area contributed by atoms with Crippen LogP contribution >= 0.6 is 11.5 Å². The lowest BCUT2D eigenvalue weighted by molar-refractivity contribution is 0.109. The van der Waals surface area contributed by atoms with Crippen molar-refractivity contribution in [2.24, 2.45) is 5.92 Å². The molecule has 0 bridgehead atoms. The summed E-state index contributed by atoms with van der Waals surface area (Å²) in [5.41, 5.74) is 1.01. The van der Waals surface area contributed by atoms with Gasteiger partial charge in [-0.1, -0.05) is 6.07 Å². The maximum Gasteiger partial charge on any atom is 0.263 e. The van der Waals surface area contributed by atoms with Gasteiger partial charge in [-0.2, -0.15) is 9.64 Å². The summed E-state index contributed by atoms with van der Waals surface area (Å²) in [6.07, 6.45) is 3.92. The molecule has 1 aromatic heterocycles. The highest BCUT2D eigenvalue weighted by Gasteiger charge is 2.31. The zero-order valence-electron chi connectivity index (χ0n) is 14.5. The Labute approximate surface area is 162 Å². The summed E-state index contributed by atoms with van der Waals surface area (Å²) in [4.78, 5) is 6.37. The van der Waals surface area contributed by atoms with Crippen molar-refractivity contribution in [2.45, 2.75) is 30.2 Å². The number of aromatic nitrogens is 2. The molecule has 0 spiro atoms. The molecule has 142 valence electrons. The Morgan fingerprint density at radius 1 is 1.30 bits per heavy atom. The van der Waals surface area contributed by atoms with Crippen LogP contribution in [0.2, 0.25) is 0 Å². The highest BCUT2D eigenvalue weighted by atomic mass is 32.2. The topological polar surface area (TPSA) is 108 Å². The van der Waals surface area contributed by atoms with Crippen molar-refractivity contribution in [2.75, 3.05) is 24.4 Å². The van der Waals surface area contributed by atoms with Crippen LogP contribution in [0.4, 0.5) is 5.13 Å². The Hall–Kier alpha value is -2.22. The number of nitrogens with one attached hydrogen (secondary N) is 1. The number of anilines is 1. The number of rotatable bonds is 4. The molecule has 1 N–H and O–H groups in total. The maximum absolute atomic E-state index is 12.6. The molecule has 2 aliphatic rings. The summed E-state index contributed by atoms with van der Waals surface area (Å²) in [5.74, 6) is 0.744. The Kier molecular flexibility index (Phi) is 4.99. The number of piperidine rings is 1. The highest BCUT2D eigenvalue weighted by molar-refractivity contribution is 7.93. The van der Waals surface area contributed by atoms with E-state index >= 15 is 0 Å².